The van der Waals surface area contributed by atoms with Gasteiger partial charge in [0.05, 0.1) is 15.1 Å². The monoisotopic (exact) mass is 405 g/mol. The summed E-state index contributed by atoms with van der Waals surface area (Å²) in [6.45, 7) is 0. The molecule has 0 amide bonds. The number of rotatable bonds is 1. The Balaban J connectivity index is 1.77. The van der Waals surface area contributed by atoms with Crippen molar-refractivity contribution in [2.75, 3.05) is 0 Å². The Labute approximate surface area is 194 Å². The zero-order valence-electron chi connectivity index (χ0n) is 26.9. The van der Waals surface area contributed by atoms with Gasteiger partial charge in [-0.3, -0.25) is 0 Å². The van der Waals surface area contributed by atoms with Crippen molar-refractivity contribution in [1.82, 2.24) is 0 Å². The second-order valence-corrected chi connectivity index (χ2v) is 7.31. The van der Waals surface area contributed by atoms with Gasteiger partial charge in [-0.05, 0) is 67.7 Å². The highest BCUT2D eigenvalue weighted by Gasteiger charge is 2.11. The minimum atomic E-state index is -0.596. The van der Waals surface area contributed by atoms with E-state index in [0.29, 0.717) is 16.7 Å². The fourth-order valence-corrected chi connectivity index (χ4v) is 4.18. The first kappa shape index (κ1) is 9.36. The summed E-state index contributed by atoms with van der Waals surface area (Å²) in [6, 6.07) is 7.05. The molecule has 0 fully saturated rings. The average Bonchev–Trinajstić information content (AvgIpc) is 3.36. The van der Waals surface area contributed by atoms with E-state index in [1.54, 1.807) is 18.2 Å². The SMILES string of the molecule is [2H]c1c([2H])c([2H])c2c(c1[2H])c1c([2H])c([2H])c([2H])c([2H])c1c1c([2H])c(-c3ccc4oc5ccccc5c4c3)c([2H])c([2H])c21. The summed E-state index contributed by atoms with van der Waals surface area (Å²) < 4.78 is 101. The van der Waals surface area contributed by atoms with Crippen LogP contribution in [0.2, 0.25) is 0 Å². The van der Waals surface area contributed by atoms with Crippen LogP contribution in [0.1, 0.15) is 15.1 Å². The first-order valence-corrected chi connectivity index (χ1v) is 9.72. The number of fused-ring (bicyclic) bond motifs is 9. The van der Waals surface area contributed by atoms with E-state index in [1.807, 2.05) is 24.3 Å². The van der Waals surface area contributed by atoms with Crippen LogP contribution in [0.15, 0.2) is 113 Å². The van der Waals surface area contributed by atoms with Gasteiger partial charge in [0.1, 0.15) is 11.2 Å². The lowest BCUT2D eigenvalue weighted by molar-refractivity contribution is 0.669. The highest BCUT2D eigenvalue weighted by Crippen LogP contribution is 2.38. The average molecular weight is 406 g/mol. The van der Waals surface area contributed by atoms with Crippen LogP contribution in [0, 0.1) is 0 Å². The fraction of sp³-hybridized carbons (Fsp3) is 0. The predicted molar refractivity (Wildman–Crippen MR) is 132 cm³/mol. The number of hydrogen-bond acceptors (Lipinski definition) is 1. The van der Waals surface area contributed by atoms with Crippen LogP contribution in [0.3, 0.4) is 0 Å². The van der Waals surface area contributed by atoms with E-state index >= 15 is 0 Å². The second kappa shape index (κ2) is 6.20. The van der Waals surface area contributed by atoms with Crippen molar-refractivity contribution >= 4 is 54.3 Å². The Morgan fingerprint density at radius 2 is 1.10 bits per heavy atom. The fourth-order valence-electron chi connectivity index (χ4n) is 4.18. The molecule has 0 bridgehead atoms. The quantitative estimate of drug-likeness (QED) is 0.249. The van der Waals surface area contributed by atoms with Crippen molar-refractivity contribution in [3.8, 4) is 11.1 Å². The topological polar surface area (TPSA) is 13.1 Å². The van der Waals surface area contributed by atoms with E-state index in [2.05, 4.69) is 0 Å². The molecular formula is C30H18O. The second-order valence-electron chi connectivity index (χ2n) is 7.31. The van der Waals surface area contributed by atoms with Gasteiger partial charge in [0.15, 0.2) is 0 Å². The molecule has 0 unspecified atom stereocenters. The van der Waals surface area contributed by atoms with E-state index in [0.717, 1.165) is 10.8 Å². The van der Waals surface area contributed by atoms with Crippen molar-refractivity contribution in [3.05, 3.63) is 109 Å². The van der Waals surface area contributed by atoms with Crippen molar-refractivity contribution < 1.29 is 19.5 Å². The summed E-state index contributed by atoms with van der Waals surface area (Å²) in [6.07, 6.45) is 0. The molecule has 0 saturated carbocycles. The van der Waals surface area contributed by atoms with E-state index in [1.165, 1.54) is 0 Å². The molecule has 6 aromatic carbocycles. The largest absolute Gasteiger partial charge is 0.456 e. The Morgan fingerprint density at radius 3 is 1.84 bits per heavy atom. The molecule has 1 heterocycles. The van der Waals surface area contributed by atoms with Crippen LogP contribution in [0.5, 0.6) is 0 Å². The molecule has 0 spiro atoms. The van der Waals surface area contributed by atoms with Gasteiger partial charge in [0.2, 0.25) is 0 Å². The highest BCUT2D eigenvalue weighted by molar-refractivity contribution is 6.25. The molecule has 0 saturated heterocycles. The van der Waals surface area contributed by atoms with E-state index < -0.39 is 54.4 Å². The number of benzene rings is 6. The number of hydrogen-bond donors (Lipinski definition) is 0. The molecule has 1 heteroatoms. The maximum atomic E-state index is 9.35. The molecule has 144 valence electrons. The number of furan rings is 1. The molecule has 0 aliphatic carbocycles. The minimum Gasteiger partial charge on any atom is -0.456 e. The van der Waals surface area contributed by atoms with Crippen molar-refractivity contribution in [2.45, 2.75) is 0 Å². The van der Waals surface area contributed by atoms with Crippen molar-refractivity contribution in [3.63, 3.8) is 0 Å². The van der Waals surface area contributed by atoms with E-state index in [9.17, 15) is 1.37 Å². The Bertz CT molecular complexity index is 2330. The van der Waals surface area contributed by atoms with Crippen LogP contribution in [-0.4, -0.2) is 0 Å². The standard InChI is InChI=1S/C30H18O/c1-2-9-23-21(7-1)22-8-3-4-10-24(22)27-17-19(13-15-25(23)27)20-14-16-30-28(18-20)26-11-5-6-12-29(26)31-30/h1-18H/i1D,2D,3D,4D,7D,8D,9D,10D,13D,15D,17D. The lowest BCUT2D eigenvalue weighted by atomic mass is 9.92. The van der Waals surface area contributed by atoms with Gasteiger partial charge < -0.3 is 4.42 Å². The van der Waals surface area contributed by atoms with Gasteiger partial charge in [0.25, 0.3) is 0 Å². The first-order valence-electron chi connectivity index (χ1n) is 15.2. The molecule has 0 N–H and O–H groups in total. The molecule has 0 aliphatic heterocycles. The summed E-state index contributed by atoms with van der Waals surface area (Å²) in [5.74, 6) is 0. The molecular weight excluding hydrogens is 376 g/mol. The van der Waals surface area contributed by atoms with Crippen molar-refractivity contribution in [1.29, 1.82) is 0 Å². The molecule has 7 rings (SSSR count). The van der Waals surface area contributed by atoms with Gasteiger partial charge in [-0.1, -0.05) is 84.7 Å². The zero-order valence-corrected chi connectivity index (χ0v) is 15.9. The maximum absolute atomic E-state index is 9.35. The summed E-state index contributed by atoms with van der Waals surface area (Å²) in [5.41, 5.74) is 1.72. The van der Waals surface area contributed by atoms with Gasteiger partial charge >= 0.3 is 0 Å². The van der Waals surface area contributed by atoms with Gasteiger partial charge in [0, 0.05) is 10.8 Å². The summed E-state index contributed by atoms with van der Waals surface area (Å²) >= 11 is 0. The van der Waals surface area contributed by atoms with Gasteiger partial charge in [-0.25, -0.2) is 0 Å². The van der Waals surface area contributed by atoms with E-state index in [4.69, 9.17) is 18.1 Å². The summed E-state index contributed by atoms with van der Waals surface area (Å²) in [5, 5.41) is 0.691. The first-order chi connectivity index (χ1) is 20.0. The van der Waals surface area contributed by atoms with Crippen LogP contribution < -0.4 is 0 Å². The summed E-state index contributed by atoms with van der Waals surface area (Å²) in [4.78, 5) is 0. The molecule has 1 aromatic heterocycles. The van der Waals surface area contributed by atoms with Crippen LogP contribution in [-0.2, 0) is 0 Å². The highest BCUT2D eigenvalue weighted by atomic mass is 16.3. The lowest BCUT2D eigenvalue weighted by Crippen LogP contribution is -1.85. The molecule has 7 aromatic rings. The molecule has 0 radical (unpaired) electrons. The zero-order chi connectivity index (χ0) is 29.9. The van der Waals surface area contributed by atoms with Crippen molar-refractivity contribution in [2.24, 2.45) is 0 Å². The third-order valence-corrected chi connectivity index (χ3v) is 5.60. The predicted octanol–water partition coefficient (Wildman–Crippen LogP) is 8.71. The third kappa shape index (κ3) is 2.38. The van der Waals surface area contributed by atoms with Crippen LogP contribution in [0.25, 0.3) is 65.4 Å². The normalized spacial score (nSPS) is 16.8. The summed E-state index contributed by atoms with van der Waals surface area (Å²) in [7, 11) is 0. The third-order valence-electron chi connectivity index (χ3n) is 5.60. The molecule has 0 aliphatic rings. The minimum absolute atomic E-state index is 0.0496. The lowest BCUT2D eigenvalue weighted by Gasteiger charge is -2.12. The van der Waals surface area contributed by atoms with Gasteiger partial charge in [-0.2, -0.15) is 0 Å². The smallest absolute Gasteiger partial charge is 0.135 e. The Morgan fingerprint density at radius 1 is 0.484 bits per heavy atom. The Kier molecular flexibility index (Phi) is 1.87. The Hall–Kier alpha value is -4.10. The van der Waals surface area contributed by atoms with Crippen LogP contribution >= 0.6 is 0 Å². The number of para-hydroxylation sites is 1. The molecule has 1 nitrogen and oxygen atoms in total. The molecule has 31 heavy (non-hydrogen) atoms. The van der Waals surface area contributed by atoms with Crippen LogP contribution in [0.4, 0.5) is 0 Å². The maximum Gasteiger partial charge on any atom is 0.135 e. The van der Waals surface area contributed by atoms with Gasteiger partial charge in [-0.15, -0.1) is 0 Å². The molecule has 0 atom stereocenters. The van der Waals surface area contributed by atoms with E-state index in [-0.39, 0.29) is 50.0 Å².